The summed E-state index contributed by atoms with van der Waals surface area (Å²) in [5.41, 5.74) is 4.64. The molecule has 0 unspecified atom stereocenters. The Morgan fingerprint density at radius 3 is 2.34 bits per heavy atom. The molecule has 196 valence electrons. The van der Waals surface area contributed by atoms with Crippen molar-refractivity contribution in [3.63, 3.8) is 0 Å². The number of carbonyl (C=O) groups is 2. The number of esters is 1. The van der Waals surface area contributed by atoms with Crippen molar-refractivity contribution in [2.45, 2.75) is 6.92 Å². The lowest BCUT2D eigenvalue weighted by Crippen LogP contribution is -2.33. The monoisotopic (exact) mass is 512 g/mol. The quantitative estimate of drug-likeness (QED) is 0.262. The lowest BCUT2D eigenvalue weighted by Gasteiger charge is -2.19. The molecular weight excluding hydrogens is 480 g/mol. The molecule has 0 fully saturated rings. The van der Waals surface area contributed by atoms with Gasteiger partial charge < -0.3 is 24.6 Å². The Hall–Kier alpha value is -4.43. The largest absolute Gasteiger partial charge is 0.494 e. The van der Waals surface area contributed by atoms with E-state index in [-0.39, 0.29) is 11.8 Å². The number of aromatic amines is 1. The Balaban J connectivity index is 1.83. The third-order valence-electron chi connectivity index (χ3n) is 6.38. The predicted molar refractivity (Wildman–Crippen MR) is 150 cm³/mol. The minimum absolute atomic E-state index is 0.0698. The number of nitrogens with zero attached hydrogens (tertiary/aromatic N) is 3. The van der Waals surface area contributed by atoms with E-state index in [1.807, 2.05) is 68.4 Å². The third-order valence-corrected chi connectivity index (χ3v) is 6.38. The molecule has 0 bridgehead atoms. The van der Waals surface area contributed by atoms with Gasteiger partial charge in [-0.1, -0.05) is 36.4 Å². The molecule has 2 N–H and O–H groups in total. The van der Waals surface area contributed by atoms with E-state index in [2.05, 4.69) is 4.98 Å². The zero-order valence-corrected chi connectivity index (χ0v) is 22.3. The second-order valence-electron chi connectivity index (χ2n) is 9.46. The van der Waals surface area contributed by atoms with Crippen molar-refractivity contribution in [2.24, 2.45) is 4.99 Å². The predicted octanol–water partition coefficient (Wildman–Crippen LogP) is 4.77. The number of aromatic hydroxyl groups is 1. The highest BCUT2D eigenvalue weighted by atomic mass is 16.5. The van der Waals surface area contributed by atoms with E-state index in [0.717, 1.165) is 12.1 Å². The van der Waals surface area contributed by atoms with Crippen molar-refractivity contribution in [2.75, 3.05) is 41.3 Å². The molecule has 4 rings (SSSR count). The van der Waals surface area contributed by atoms with E-state index < -0.39 is 5.97 Å². The van der Waals surface area contributed by atoms with Gasteiger partial charge in [-0.25, -0.2) is 9.79 Å². The number of rotatable bonds is 8. The summed E-state index contributed by atoms with van der Waals surface area (Å²) in [6, 6.07) is 20.2. The number of methoxy groups -OCH3 is 1. The Labute approximate surface area is 222 Å². The van der Waals surface area contributed by atoms with E-state index in [1.165, 1.54) is 7.11 Å². The topological polar surface area (TPSA) is 98.2 Å². The molecule has 0 saturated heterocycles. The number of amides is 1. The average molecular weight is 513 g/mol. The van der Waals surface area contributed by atoms with Crippen LogP contribution in [0.25, 0.3) is 10.9 Å². The standard InChI is InChI=1S/C30H32N4O4/c1-19-16-24-25(18-23(19)30(37)38-5)32-28(35)26(24)27(20-10-7-6-8-11-20)31-22-13-9-12-21(17-22)29(36)34(4)15-14-33(2)3/h6-13,16-18,32,35H,14-15H2,1-5H3. The number of fused-ring (bicyclic) bond motifs is 1. The molecule has 0 radical (unpaired) electrons. The molecule has 0 saturated carbocycles. The SMILES string of the molecule is COC(=O)c1cc2[nH]c(O)c(C(=Nc3cccc(C(=O)N(C)CCN(C)C)c3)c3ccccc3)c2cc1C. The van der Waals surface area contributed by atoms with Gasteiger partial charge in [-0.2, -0.15) is 0 Å². The Bertz CT molecular complexity index is 1510. The van der Waals surface area contributed by atoms with Crippen molar-refractivity contribution in [3.05, 3.63) is 94.5 Å². The van der Waals surface area contributed by atoms with Gasteiger partial charge in [0.1, 0.15) is 0 Å². The first-order valence-corrected chi connectivity index (χ1v) is 12.3. The summed E-state index contributed by atoms with van der Waals surface area (Å²) in [6.07, 6.45) is 0. The Morgan fingerprint density at radius 1 is 0.947 bits per heavy atom. The maximum atomic E-state index is 13.0. The van der Waals surface area contributed by atoms with Gasteiger partial charge in [0.15, 0.2) is 5.88 Å². The van der Waals surface area contributed by atoms with Crippen LogP contribution in [0.4, 0.5) is 5.69 Å². The van der Waals surface area contributed by atoms with Crippen LogP contribution >= 0.6 is 0 Å². The van der Waals surface area contributed by atoms with Crippen LogP contribution in [-0.2, 0) is 4.74 Å². The second kappa shape index (κ2) is 11.3. The molecule has 1 amide bonds. The van der Waals surface area contributed by atoms with Gasteiger partial charge in [0.25, 0.3) is 5.91 Å². The minimum atomic E-state index is -0.450. The van der Waals surface area contributed by atoms with Gasteiger partial charge in [0, 0.05) is 42.2 Å². The summed E-state index contributed by atoms with van der Waals surface area (Å²) in [5, 5.41) is 11.7. The summed E-state index contributed by atoms with van der Waals surface area (Å²) in [4.78, 5) is 36.9. The zero-order chi connectivity index (χ0) is 27.4. The number of nitrogens with one attached hydrogen (secondary N) is 1. The summed E-state index contributed by atoms with van der Waals surface area (Å²) in [6.45, 7) is 3.18. The van der Waals surface area contributed by atoms with E-state index in [9.17, 15) is 14.7 Å². The van der Waals surface area contributed by atoms with Gasteiger partial charge in [-0.3, -0.25) is 4.79 Å². The number of hydrogen-bond donors (Lipinski definition) is 2. The van der Waals surface area contributed by atoms with Gasteiger partial charge >= 0.3 is 5.97 Å². The number of ether oxygens (including phenoxy) is 1. The fourth-order valence-corrected chi connectivity index (χ4v) is 4.28. The fraction of sp³-hybridized carbons (Fsp3) is 0.233. The fourth-order valence-electron chi connectivity index (χ4n) is 4.28. The van der Waals surface area contributed by atoms with Crippen LogP contribution in [0, 0.1) is 6.92 Å². The smallest absolute Gasteiger partial charge is 0.338 e. The number of carbonyl (C=O) groups excluding carboxylic acids is 2. The van der Waals surface area contributed by atoms with Crippen LogP contribution in [0.1, 0.15) is 37.4 Å². The van der Waals surface area contributed by atoms with Crippen LogP contribution in [0.5, 0.6) is 5.88 Å². The van der Waals surface area contributed by atoms with Crippen LogP contribution in [0.15, 0.2) is 71.7 Å². The molecule has 8 heteroatoms. The van der Waals surface area contributed by atoms with Crippen molar-refractivity contribution >= 4 is 34.2 Å². The number of H-pyrrole nitrogens is 1. The minimum Gasteiger partial charge on any atom is -0.494 e. The summed E-state index contributed by atoms with van der Waals surface area (Å²) in [5.74, 6) is -0.611. The third kappa shape index (κ3) is 5.60. The molecule has 4 aromatic rings. The molecular formula is C30H32N4O4. The maximum Gasteiger partial charge on any atom is 0.338 e. The molecule has 8 nitrogen and oxygen atoms in total. The van der Waals surface area contributed by atoms with Gasteiger partial charge in [-0.05, 0) is 56.9 Å². The van der Waals surface area contributed by atoms with Gasteiger partial charge in [0.2, 0.25) is 0 Å². The van der Waals surface area contributed by atoms with Crippen LogP contribution in [0.2, 0.25) is 0 Å². The summed E-state index contributed by atoms with van der Waals surface area (Å²) < 4.78 is 4.90. The highest BCUT2D eigenvalue weighted by molar-refractivity contribution is 6.22. The van der Waals surface area contributed by atoms with Gasteiger partial charge in [0.05, 0.1) is 29.6 Å². The highest BCUT2D eigenvalue weighted by Crippen LogP contribution is 2.33. The average Bonchev–Trinajstić information content (AvgIpc) is 3.23. The van der Waals surface area contributed by atoms with E-state index in [0.29, 0.717) is 51.1 Å². The number of aromatic nitrogens is 1. The second-order valence-corrected chi connectivity index (χ2v) is 9.46. The lowest BCUT2D eigenvalue weighted by molar-refractivity contribution is 0.0599. The van der Waals surface area contributed by atoms with E-state index in [4.69, 9.17) is 9.73 Å². The van der Waals surface area contributed by atoms with Crippen molar-refractivity contribution in [3.8, 4) is 5.88 Å². The molecule has 0 atom stereocenters. The van der Waals surface area contributed by atoms with Crippen molar-refractivity contribution in [1.82, 2.24) is 14.8 Å². The van der Waals surface area contributed by atoms with Crippen molar-refractivity contribution < 1.29 is 19.4 Å². The molecule has 1 heterocycles. The first kappa shape index (κ1) is 26.6. The first-order valence-electron chi connectivity index (χ1n) is 12.3. The van der Waals surface area contributed by atoms with Crippen LogP contribution in [-0.4, -0.2) is 78.8 Å². The number of benzene rings is 3. The lowest BCUT2D eigenvalue weighted by atomic mass is 9.98. The van der Waals surface area contributed by atoms with E-state index >= 15 is 0 Å². The molecule has 0 aliphatic rings. The Kier molecular flexibility index (Phi) is 7.93. The highest BCUT2D eigenvalue weighted by Gasteiger charge is 2.21. The number of aryl methyl sites for hydroxylation is 1. The molecule has 0 aliphatic carbocycles. The molecule has 0 spiro atoms. The zero-order valence-electron chi connectivity index (χ0n) is 22.3. The molecule has 38 heavy (non-hydrogen) atoms. The normalized spacial score (nSPS) is 11.7. The summed E-state index contributed by atoms with van der Waals surface area (Å²) >= 11 is 0. The molecule has 3 aromatic carbocycles. The number of aliphatic imine (C=N–C) groups is 1. The van der Waals surface area contributed by atoms with E-state index in [1.54, 1.807) is 36.2 Å². The van der Waals surface area contributed by atoms with Crippen LogP contribution < -0.4 is 0 Å². The molecule has 1 aromatic heterocycles. The maximum absolute atomic E-state index is 13.0. The van der Waals surface area contributed by atoms with Crippen molar-refractivity contribution in [1.29, 1.82) is 0 Å². The van der Waals surface area contributed by atoms with Crippen LogP contribution in [0.3, 0.4) is 0 Å². The number of hydrogen-bond acceptors (Lipinski definition) is 6. The first-order chi connectivity index (χ1) is 18.2. The van der Waals surface area contributed by atoms with Gasteiger partial charge in [-0.15, -0.1) is 0 Å². The Morgan fingerprint density at radius 2 is 1.66 bits per heavy atom. The number of likely N-dealkylation sites (N-methyl/N-ethyl adjacent to an activating group) is 2. The molecule has 0 aliphatic heterocycles. The summed E-state index contributed by atoms with van der Waals surface area (Å²) in [7, 11) is 7.06.